The minimum atomic E-state index is -0.365. The second-order valence-corrected chi connectivity index (χ2v) is 6.88. The Morgan fingerprint density at radius 3 is 2.83 bits per heavy atom. The molecular weight excluding hydrogens is 388 g/mol. The number of para-hydroxylation sites is 1. The maximum Gasteiger partial charge on any atom is 0.247 e. The molecule has 7 heteroatoms. The van der Waals surface area contributed by atoms with Gasteiger partial charge in [-0.3, -0.25) is 0 Å². The Morgan fingerprint density at radius 1 is 1.12 bits per heavy atom. The van der Waals surface area contributed by atoms with Crippen molar-refractivity contribution in [3.05, 3.63) is 58.6 Å². The second kappa shape index (κ2) is 6.41. The minimum Gasteiger partial charge on any atom is -0.448 e. The zero-order valence-corrected chi connectivity index (χ0v) is 15.1. The van der Waals surface area contributed by atoms with Crippen molar-refractivity contribution in [2.45, 2.75) is 11.4 Å². The van der Waals surface area contributed by atoms with Crippen LogP contribution < -0.4 is 10.1 Å². The fourth-order valence-corrected chi connectivity index (χ4v) is 3.27. The summed E-state index contributed by atoms with van der Waals surface area (Å²) in [6, 6.07) is 15.9. The Balaban J connectivity index is 1.87. The molecule has 0 unspecified atom stereocenters. The Bertz CT molecular complexity index is 905. The molecular formula is C17H13BrN4OS. The molecule has 0 saturated heterocycles. The summed E-state index contributed by atoms with van der Waals surface area (Å²) in [5, 5.41) is 12.5. The predicted octanol–water partition coefficient (Wildman–Crippen LogP) is 4.53. The van der Waals surface area contributed by atoms with E-state index in [9.17, 15) is 0 Å². The molecule has 5 nitrogen and oxygen atoms in total. The molecule has 0 saturated carbocycles. The number of nitrogens with one attached hydrogen (secondary N) is 1. The molecule has 0 spiro atoms. The van der Waals surface area contributed by atoms with E-state index in [0.717, 1.165) is 21.3 Å². The van der Waals surface area contributed by atoms with Crippen LogP contribution >= 0.6 is 27.7 Å². The largest absolute Gasteiger partial charge is 0.448 e. The average Bonchev–Trinajstić information content (AvgIpc) is 2.78. The monoisotopic (exact) mass is 400 g/mol. The molecule has 1 N–H and O–H groups in total. The van der Waals surface area contributed by atoms with Gasteiger partial charge in [-0.2, -0.15) is 4.98 Å². The van der Waals surface area contributed by atoms with E-state index in [-0.39, 0.29) is 6.23 Å². The van der Waals surface area contributed by atoms with Crippen molar-refractivity contribution < 1.29 is 4.74 Å². The van der Waals surface area contributed by atoms with E-state index in [0.29, 0.717) is 16.7 Å². The molecule has 0 aliphatic carbocycles. The molecule has 2 aromatic carbocycles. The first-order valence-corrected chi connectivity index (χ1v) is 9.33. The van der Waals surface area contributed by atoms with Crippen LogP contribution in [0.15, 0.2) is 58.2 Å². The number of nitrogens with zero attached hydrogens (tertiary/aromatic N) is 3. The number of hydrogen-bond acceptors (Lipinski definition) is 6. The number of ether oxygens (including phenoxy) is 1. The molecule has 1 aromatic heterocycles. The van der Waals surface area contributed by atoms with Crippen LogP contribution in [0.5, 0.6) is 5.88 Å². The van der Waals surface area contributed by atoms with Crippen molar-refractivity contribution >= 4 is 33.4 Å². The lowest BCUT2D eigenvalue weighted by molar-refractivity contribution is 0.225. The molecule has 4 rings (SSSR count). The van der Waals surface area contributed by atoms with Crippen molar-refractivity contribution in [2.75, 3.05) is 11.6 Å². The predicted molar refractivity (Wildman–Crippen MR) is 98.2 cm³/mol. The number of fused-ring (bicyclic) bond motifs is 3. The van der Waals surface area contributed by atoms with Gasteiger partial charge in [-0.1, -0.05) is 58.0 Å². The molecule has 0 bridgehead atoms. The zero-order chi connectivity index (χ0) is 16.5. The van der Waals surface area contributed by atoms with Crippen LogP contribution in [0.3, 0.4) is 0 Å². The number of hydrogen-bond donors (Lipinski definition) is 1. The van der Waals surface area contributed by atoms with Gasteiger partial charge in [0.2, 0.25) is 11.0 Å². The third kappa shape index (κ3) is 2.85. The minimum absolute atomic E-state index is 0.365. The van der Waals surface area contributed by atoms with Crippen molar-refractivity contribution in [1.29, 1.82) is 0 Å². The quantitative estimate of drug-likeness (QED) is 0.637. The summed E-state index contributed by atoms with van der Waals surface area (Å²) in [4.78, 5) is 4.50. The van der Waals surface area contributed by atoms with Crippen LogP contribution in [0.1, 0.15) is 11.8 Å². The van der Waals surface area contributed by atoms with Gasteiger partial charge in [0.15, 0.2) is 11.9 Å². The number of anilines is 1. The summed E-state index contributed by atoms with van der Waals surface area (Å²) in [5.41, 5.74) is 3.51. The molecule has 120 valence electrons. The third-order valence-electron chi connectivity index (χ3n) is 3.67. The van der Waals surface area contributed by atoms with Crippen LogP contribution in [0.25, 0.3) is 11.3 Å². The SMILES string of the molecule is CSc1nnc2c(n1)O[C@H](c1cccc(Br)c1)Nc1ccccc1-2. The van der Waals surface area contributed by atoms with Crippen molar-refractivity contribution in [3.8, 4) is 17.1 Å². The Kier molecular flexibility index (Phi) is 4.12. The highest BCUT2D eigenvalue weighted by atomic mass is 79.9. The fraction of sp³-hybridized carbons (Fsp3) is 0.118. The second-order valence-electron chi connectivity index (χ2n) is 5.20. The summed E-state index contributed by atoms with van der Waals surface area (Å²) < 4.78 is 7.16. The first-order chi connectivity index (χ1) is 11.7. The summed E-state index contributed by atoms with van der Waals surface area (Å²) in [6.45, 7) is 0. The summed E-state index contributed by atoms with van der Waals surface area (Å²) >= 11 is 4.95. The normalized spacial score (nSPS) is 15.5. The van der Waals surface area contributed by atoms with Gasteiger partial charge in [0, 0.05) is 21.3 Å². The van der Waals surface area contributed by atoms with Crippen molar-refractivity contribution in [1.82, 2.24) is 15.2 Å². The van der Waals surface area contributed by atoms with Gasteiger partial charge < -0.3 is 10.1 Å². The topological polar surface area (TPSA) is 59.9 Å². The van der Waals surface area contributed by atoms with Gasteiger partial charge in [-0.05, 0) is 24.5 Å². The molecule has 0 fully saturated rings. The van der Waals surface area contributed by atoms with Gasteiger partial charge in [-0.15, -0.1) is 10.2 Å². The number of benzene rings is 2. The first-order valence-electron chi connectivity index (χ1n) is 7.31. The third-order valence-corrected chi connectivity index (χ3v) is 4.70. The lowest BCUT2D eigenvalue weighted by Gasteiger charge is -2.19. The fourth-order valence-electron chi connectivity index (χ4n) is 2.55. The first kappa shape index (κ1) is 15.4. The van der Waals surface area contributed by atoms with E-state index < -0.39 is 0 Å². The van der Waals surface area contributed by atoms with E-state index in [1.165, 1.54) is 11.8 Å². The van der Waals surface area contributed by atoms with E-state index >= 15 is 0 Å². The van der Waals surface area contributed by atoms with Crippen LogP contribution in [-0.2, 0) is 0 Å². The van der Waals surface area contributed by atoms with Crippen LogP contribution in [0, 0.1) is 0 Å². The van der Waals surface area contributed by atoms with E-state index in [4.69, 9.17) is 4.74 Å². The van der Waals surface area contributed by atoms with Crippen LogP contribution in [0.2, 0.25) is 0 Å². The molecule has 2 heterocycles. The molecule has 1 atom stereocenters. The maximum absolute atomic E-state index is 6.16. The summed E-state index contributed by atoms with van der Waals surface area (Å²) in [7, 11) is 0. The molecule has 1 aliphatic rings. The lowest BCUT2D eigenvalue weighted by Crippen LogP contribution is -2.17. The Hall–Kier alpha value is -2.12. The highest BCUT2D eigenvalue weighted by Gasteiger charge is 2.25. The summed E-state index contributed by atoms with van der Waals surface area (Å²) in [6.07, 6.45) is 1.55. The number of halogens is 1. The Morgan fingerprint density at radius 2 is 2.00 bits per heavy atom. The molecule has 1 aliphatic heterocycles. The number of thioether (sulfide) groups is 1. The van der Waals surface area contributed by atoms with Crippen LogP contribution in [-0.4, -0.2) is 21.4 Å². The van der Waals surface area contributed by atoms with E-state index in [2.05, 4.69) is 36.4 Å². The van der Waals surface area contributed by atoms with Gasteiger partial charge in [0.25, 0.3) is 0 Å². The van der Waals surface area contributed by atoms with E-state index in [1.54, 1.807) is 0 Å². The van der Waals surface area contributed by atoms with Crippen molar-refractivity contribution in [2.24, 2.45) is 0 Å². The molecule has 3 aromatic rings. The Labute approximate surface area is 152 Å². The number of rotatable bonds is 2. The lowest BCUT2D eigenvalue weighted by atomic mass is 10.1. The van der Waals surface area contributed by atoms with Gasteiger partial charge in [0.05, 0.1) is 0 Å². The molecule has 24 heavy (non-hydrogen) atoms. The number of aromatic nitrogens is 3. The summed E-state index contributed by atoms with van der Waals surface area (Å²) in [5.74, 6) is 0.483. The molecule has 0 radical (unpaired) electrons. The molecule has 0 amide bonds. The smallest absolute Gasteiger partial charge is 0.247 e. The highest BCUT2D eigenvalue weighted by Crippen LogP contribution is 2.39. The highest BCUT2D eigenvalue weighted by molar-refractivity contribution is 9.10. The van der Waals surface area contributed by atoms with Crippen molar-refractivity contribution in [3.63, 3.8) is 0 Å². The standard InChI is InChI=1S/C17H13BrN4OS/c1-24-17-20-16-14(21-22-17)12-7-2-3-8-13(12)19-15(23-16)10-5-4-6-11(18)9-10/h2-9,15,19H,1H3/t15-/m1/s1. The van der Waals surface area contributed by atoms with Gasteiger partial charge in [-0.25, -0.2) is 0 Å². The van der Waals surface area contributed by atoms with Gasteiger partial charge in [0.1, 0.15) is 0 Å². The average molecular weight is 401 g/mol. The van der Waals surface area contributed by atoms with Crippen LogP contribution in [0.4, 0.5) is 5.69 Å². The zero-order valence-electron chi connectivity index (χ0n) is 12.7. The van der Waals surface area contributed by atoms with Gasteiger partial charge >= 0.3 is 0 Å². The van der Waals surface area contributed by atoms with E-state index in [1.807, 2.05) is 54.8 Å². The maximum atomic E-state index is 6.16.